The molecule has 0 aromatic heterocycles. The molecule has 0 aliphatic rings. The van der Waals surface area contributed by atoms with Crippen LogP contribution in [0, 0.1) is 0 Å². The van der Waals surface area contributed by atoms with Crippen LogP contribution in [0.4, 0.5) is 0 Å². The number of hydrogen-bond acceptors (Lipinski definition) is 2. The monoisotopic (exact) mass is 164 g/mol. The lowest BCUT2D eigenvalue weighted by atomic mass is 10.0. The van der Waals surface area contributed by atoms with E-state index < -0.39 is 0 Å². The van der Waals surface area contributed by atoms with Crippen LogP contribution in [-0.2, 0) is 0 Å². The molecule has 0 bridgehead atoms. The highest BCUT2D eigenvalue weighted by Gasteiger charge is 2.12. The largest absolute Gasteiger partial charge is 0.326 e. The van der Waals surface area contributed by atoms with E-state index in [-0.39, 0.29) is 12.1 Å². The molecule has 0 amide bonds. The molecule has 0 aliphatic heterocycles. The Balaban J connectivity index is 2.80. The van der Waals surface area contributed by atoms with Crippen LogP contribution in [0.1, 0.15) is 18.5 Å². The van der Waals surface area contributed by atoms with Crippen molar-refractivity contribution >= 4 is 0 Å². The van der Waals surface area contributed by atoms with Crippen LogP contribution in [0.2, 0.25) is 0 Å². The Kier molecular flexibility index (Phi) is 3.26. The summed E-state index contributed by atoms with van der Waals surface area (Å²) < 4.78 is 0. The summed E-state index contributed by atoms with van der Waals surface area (Å²) in [7, 11) is 1.93. The average molecular weight is 164 g/mol. The Morgan fingerprint density at radius 1 is 1.25 bits per heavy atom. The third-order valence-electron chi connectivity index (χ3n) is 2.00. The molecule has 0 fully saturated rings. The highest BCUT2D eigenvalue weighted by Crippen LogP contribution is 2.13. The van der Waals surface area contributed by atoms with Crippen molar-refractivity contribution in [2.75, 3.05) is 7.05 Å². The number of hydrogen-bond donors (Lipinski definition) is 2. The first-order valence-electron chi connectivity index (χ1n) is 4.23. The van der Waals surface area contributed by atoms with Crippen LogP contribution in [0.25, 0.3) is 0 Å². The SMILES string of the molecule is CNC(c1ccccc1)C(C)N. The zero-order valence-electron chi connectivity index (χ0n) is 7.62. The van der Waals surface area contributed by atoms with Gasteiger partial charge in [0.15, 0.2) is 0 Å². The van der Waals surface area contributed by atoms with Crippen molar-refractivity contribution in [3.05, 3.63) is 35.9 Å². The second kappa shape index (κ2) is 4.24. The lowest BCUT2D eigenvalue weighted by molar-refractivity contribution is 0.504. The fourth-order valence-corrected chi connectivity index (χ4v) is 1.39. The number of likely N-dealkylation sites (N-methyl/N-ethyl adjacent to an activating group) is 1. The van der Waals surface area contributed by atoms with Crippen molar-refractivity contribution in [2.45, 2.75) is 19.0 Å². The number of rotatable bonds is 3. The van der Waals surface area contributed by atoms with E-state index in [2.05, 4.69) is 17.4 Å². The molecule has 1 aromatic rings. The van der Waals surface area contributed by atoms with Crippen molar-refractivity contribution in [1.82, 2.24) is 5.32 Å². The second-order valence-electron chi connectivity index (χ2n) is 3.04. The van der Waals surface area contributed by atoms with Crippen molar-refractivity contribution in [3.63, 3.8) is 0 Å². The minimum Gasteiger partial charge on any atom is -0.326 e. The average Bonchev–Trinajstić information content (AvgIpc) is 2.07. The molecule has 0 heterocycles. The van der Waals surface area contributed by atoms with Gasteiger partial charge in [0.2, 0.25) is 0 Å². The summed E-state index contributed by atoms with van der Waals surface area (Å²) >= 11 is 0. The fraction of sp³-hybridized carbons (Fsp3) is 0.400. The Morgan fingerprint density at radius 3 is 2.25 bits per heavy atom. The number of benzene rings is 1. The van der Waals surface area contributed by atoms with Gasteiger partial charge in [0.05, 0.1) is 0 Å². The van der Waals surface area contributed by atoms with Gasteiger partial charge in [-0.2, -0.15) is 0 Å². The van der Waals surface area contributed by atoms with Gasteiger partial charge in [-0.3, -0.25) is 0 Å². The lowest BCUT2D eigenvalue weighted by Crippen LogP contribution is -2.33. The van der Waals surface area contributed by atoms with Crippen molar-refractivity contribution in [1.29, 1.82) is 0 Å². The molecule has 1 rings (SSSR count). The topological polar surface area (TPSA) is 38.0 Å². The molecule has 2 atom stereocenters. The van der Waals surface area contributed by atoms with Gasteiger partial charge in [0.25, 0.3) is 0 Å². The lowest BCUT2D eigenvalue weighted by Gasteiger charge is -2.20. The van der Waals surface area contributed by atoms with Crippen molar-refractivity contribution in [3.8, 4) is 0 Å². The molecule has 12 heavy (non-hydrogen) atoms. The molecule has 0 aliphatic carbocycles. The van der Waals surface area contributed by atoms with Gasteiger partial charge in [-0.15, -0.1) is 0 Å². The van der Waals surface area contributed by atoms with Crippen LogP contribution in [0.5, 0.6) is 0 Å². The molecule has 0 radical (unpaired) electrons. The summed E-state index contributed by atoms with van der Waals surface area (Å²) in [4.78, 5) is 0. The van der Waals surface area contributed by atoms with Crippen LogP contribution in [0.3, 0.4) is 0 Å². The molecule has 0 saturated carbocycles. The molecule has 0 saturated heterocycles. The minimum atomic E-state index is 0.136. The predicted octanol–water partition coefficient (Wildman–Crippen LogP) is 1.29. The molecule has 2 heteroatoms. The predicted molar refractivity (Wildman–Crippen MR) is 51.9 cm³/mol. The quantitative estimate of drug-likeness (QED) is 0.706. The van der Waals surface area contributed by atoms with Crippen molar-refractivity contribution < 1.29 is 0 Å². The standard InChI is InChI=1S/C10H16N2/c1-8(11)10(12-2)9-6-4-3-5-7-9/h3-8,10,12H,11H2,1-2H3. The minimum absolute atomic E-state index is 0.136. The molecule has 66 valence electrons. The molecule has 2 unspecified atom stereocenters. The van der Waals surface area contributed by atoms with E-state index in [0.717, 1.165) is 0 Å². The first-order valence-corrected chi connectivity index (χ1v) is 4.23. The van der Waals surface area contributed by atoms with Crippen LogP contribution < -0.4 is 11.1 Å². The molecular weight excluding hydrogens is 148 g/mol. The van der Waals surface area contributed by atoms with E-state index in [4.69, 9.17) is 5.73 Å². The summed E-state index contributed by atoms with van der Waals surface area (Å²) in [6.45, 7) is 2.01. The number of nitrogens with two attached hydrogens (primary N) is 1. The highest BCUT2D eigenvalue weighted by molar-refractivity contribution is 5.19. The second-order valence-corrected chi connectivity index (χ2v) is 3.04. The Hall–Kier alpha value is -0.860. The van der Waals surface area contributed by atoms with Gasteiger partial charge >= 0.3 is 0 Å². The summed E-state index contributed by atoms with van der Waals surface area (Å²) in [5.74, 6) is 0. The van der Waals surface area contributed by atoms with Gasteiger partial charge in [0, 0.05) is 12.1 Å². The first kappa shape index (κ1) is 9.23. The van der Waals surface area contributed by atoms with E-state index in [9.17, 15) is 0 Å². The Labute approximate surface area is 73.8 Å². The molecule has 3 N–H and O–H groups in total. The number of nitrogens with one attached hydrogen (secondary N) is 1. The van der Waals surface area contributed by atoms with Crippen LogP contribution in [0.15, 0.2) is 30.3 Å². The Morgan fingerprint density at radius 2 is 1.83 bits per heavy atom. The normalized spacial score (nSPS) is 15.6. The van der Waals surface area contributed by atoms with Crippen molar-refractivity contribution in [2.24, 2.45) is 5.73 Å². The van der Waals surface area contributed by atoms with Gasteiger partial charge in [-0.1, -0.05) is 30.3 Å². The summed E-state index contributed by atoms with van der Waals surface area (Å²) in [6, 6.07) is 10.6. The van der Waals surface area contributed by atoms with Gasteiger partial charge in [0.1, 0.15) is 0 Å². The maximum atomic E-state index is 5.82. The molecule has 1 aromatic carbocycles. The van der Waals surface area contributed by atoms with Crippen LogP contribution in [-0.4, -0.2) is 13.1 Å². The zero-order valence-corrected chi connectivity index (χ0v) is 7.62. The summed E-state index contributed by atoms with van der Waals surface area (Å²) in [5, 5.41) is 3.19. The van der Waals surface area contributed by atoms with Crippen LogP contribution >= 0.6 is 0 Å². The van der Waals surface area contributed by atoms with E-state index in [0.29, 0.717) is 0 Å². The third kappa shape index (κ3) is 2.06. The first-order chi connectivity index (χ1) is 5.75. The van der Waals surface area contributed by atoms with Gasteiger partial charge in [-0.05, 0) is 19.5 Å². The maximum absolute atomic E-state index is 5.82. The summed E-state index contributed by atoms with van der Waals surface area (Å²) in [6.07, 6.45) is 0. The fourth-order valence-electron chi connectivity index (χ4n) is 1.39. The highest BCUT2D eigenvalue weighted by atomic mass is 14.9. The van der Waals surface area contributed by atoms with E-state index in [1.807, 2.05) is 32.2 Å². The summed E-state index contributed by atoms with van der Waals surface area (Å²) in [5.41, 5.74) is 7.06. The van der Waals surface area contributed by atoms with Gasteiger partial charge in [-0.25, -0.2) is 0 Å². The maximum Gasteiger partial charge on any atom is 0.0468 e. The molecular formula is C10H16N2. The molecule has 0 spiro atoms. The zero-order chi connectivity index (χ0) is 8.97. The van der Waals surface area contributed by atoms with E-state index in [1.165, 1.54) is 5.56 Å². The third-order valence-corrected chi connectivity index (χ3v) is 2.00. The molecule has 2 nitrogen and oxygen atoms in total. The Bertz CT molecular complexity index is 219. The van der Waals surface area contributed by atoms with Gasteiger partial charge < -0.3 is 11.1 Å². The van der Waals surface area contributed by atoms with E-state index >= 15 is 0 Å². The smallest absolute Gasteiger partial charge is 0.0468 e. The van der Waals surface area contributed by atoms with E-state index in [1.54, 1.807) is 0 Å².